The molecule has 37 heavy (non-hydrogen) atoms. The van der Waals surface area contributed by atoms with E-state index in [9.17, 15) is 0 Å². The van der Waals surface area contributed by atoms with E-state index >= 15 is 0 Å². The third kappa shape index (κ3) is 6.77. The first-order valence-corrected chi connectivity index (χ1v) is 12.4. The van der Waals surface area contributed by atoms with Crippen molar-refractivity contribution in [3.05, 3.63) is 52.3 Å². The fourth-order valence-corrected chi connectivity index (χ4v) is 4.32. The monoisotopic (exact) mass is 524 g/mol. The van der Waals surface area contributed by atoms with E-state index in [-0.39, 0.29) is 13.6 Å². The summed E-state index contributed by atoms with van der Waals surface area (Å²) in [6.07, 6.45) is 0.495. The van der Waals surface area contributed by atoms with Crippen LogP contribution in [0.25, 0.3) is 17.1 Å². The summed E-state index contributed by atoms with van der Waals surface area (Å²) in [4.78, 5) is 2.39. The van der Waals surface area contributed by atoms with Crippen LogP contribution in [0.5, 0.6) is 11.5 Å². The Hall–Kier alpha value is -3.20. The minimum atomic E-state index is 0.0617. The molecule has 2 heterocycles. The van der Waals surface area contributed by atoms with Crippen molar-refractivity contribution >= 4 is 12.2 Å². The van der Waals surface area contributed by atoms with Crippen LogP contribution in [0.3, 0.4) is 0 Å². The summed E-state index contributed by atoms with van der Waals surface area (Å²) in [5.41, 5.74) is 3.74. The highest BCUT2D eigenvalue weighted by molar-refractivity contribution is 7.71. The molecule has 0 atom stereocenters. The second-order valence-corrected chi connectivity index (χ2v) is 8.79. The average Bonchev–Trinajstić information content (AvgIpc) is 3.31. The van der Waals surface area contributed by atoms with Gasteiger partial charge in [0.25, 0.3) is 0 Å². The molecule has 1 aliphatic heterocycles. The zero-order valence-electron chi connectivity index (χ0n) is 21.4. The second-order valence-electron chi connectivity index (χ2n) is 8.40. The summed E-state index contributed by atoms with van der Waals surface area (Å²) in [6, 6.07) is 12.1. The largest absolute Gasteiger partial charge is 0.467 e. The van der Waals surface area contributed by atoms with E-state index in [2.05, 4.69) is 51.2 Å². The molecule has 1 N–H and O–H groups in total. The molecule has 0 spiro atoms. The van der Waals surface area contributed by atoms with Gasteiger partial charge in [-0.05, 0) is 42.9 Å². The van der Waals surface area contributed by atoms with E-state index in [1.165, 1.54) is 5.56 Å². The van der Waals surface area contributed by atoms with Crippen molar-refractivity contribution in [1.29, 1.82) is 0 Å². The molecule has 1 aromatic heterocycles. The number of aromatic nitrogens is 3. The van der Waals surface area contributed by atoms with Crippen LogP contribution in [0.1, 0.15) is 18.1 Å². The fraction of sp³-hybridized carbons (Fsp3) is 0.407. The van der Waals surface area contributed by atoms with Gasteiger partial charge in [-0.15, -0.1) is 5.92 Å². The zero-order chi connectivity index (χ0) is 26.0. The summed E-state index contributed by atoms with van der Waals surface area (Å²) in [6.45, 7) is 6.29. The first kappa shape index (κ1) is 26.9. The molecule has 3 aromatic rings. The average molecular weight is 525 g/mol. The number of nitrogens with zero attached hydrogens (tertiary/aromatic N) is 3. The molecule has 0 bridgehead atoms. The molecule has 0 radical (unpaired) electrons. The molecule has 2 aromatic carbocycles. The van der Waals surface area contributed by atoms with E-state index in [1.807, 2.05) is 16.7 Å². The van der Waals surface area contributed by atoms with Crippen molar-refractivity contribution in [2.75, 3.05) is 54.1 Å². The van der Waals surface area contributed by atoms with Crippen molar-refractivity contribution in [2.45, 2.75) is 19.9 Å². The van der Waals surface area contributed by atoms with Gasteiger partial charge in [0, 0.05) is 57.6 Å². The number of H-pyrrole nitrogens is 1. The highest BCUT2D eigenvalue weighted by atomic mass is 32.1. The number of benzene rings is 2. The Kier molecular flexibility index (Phi) is 9.71. The summed E-state index contributed by atoms with van der Waals surface area (Å²) < 4.78 is 29.9. The van der Waals surface area contributed by atoms with Gasteiger partial charge >= 0.3 is 0 Å². The van der Waals surface area contributed by atoms with E-state index < -0.39 is 0 Å². The highest BCUT2D eigenvalue weighted by Gasteiger charge is 2.20. The minimum absolute atomic E-state index is 0.0617. The Balaban J connectivity index is 1.72. The Morgan fingerprint density at radius 2 is 1.73 bits per heavy atom. The van der Waals surface area contributed by atoms with Gasteiger partial charge in [0.05, 0.1) is 18.8 Å². The first-order valence-electron chi connectivity index (χ1n) is 12.0. The molecular formula is C27H32N4O5S. The lowest BCUT2D eigenvalue weighted by atomic mass is 10.0. The number of methoxy groups -OCH3 is 2. The number of morpholine rings is 1. The van der Waals surface area contributed by atoms with Crippen LogP contribution in [-0.2, 0) is 27.2 Å². The number of rotatable bonds is 11. The topological polar surface area (TPSA) is 83.0 Å². The van der Waals surface area contributed by atoms with Crippen molar-refractivity contribution in [2.24, 2.45) is 0 Å². The summed E-state index contributed by atoms with van der Waals surface area (Å²) in [7, 11) is 3.15. The third-order valence-corrected chi connectivity index (χ3v) is 6.17. The summed E-state index contributed by atoms with van der Waals surface area (Å²) in [5.74, 6) is 7.82. The van der Waals surface area contributed by atoms with Crippen LogP contribution >= 0.6 is 12.2 Å². The molecule has 1 aliphatic rings. The normalized spacial score (nSPS) is 13.7. The Bertz CT molecular complexity index is 1290. The van der Waals surface area contributed by atoms with Gasteiger partial charge in [-0.3, -0.25) is 14.6 Å². The standard InChI is InChI=1S/C27H32N4O5S/c1-4-5-6-21-15-23(25(36-19-33-3)16-24(21)35-18-32-2)26-28-29-27(37)31(26)22-9-7-20(8-10-22)17-30-11-13-34-14-12-30/h7-10,15-16H,6,11-14,17-19H2,1-3H3,(H,29,37). The molecule has 1 saturated heterocycles. The number of nitrogens with one attached hydrogen (secondary N) is 1. The lowest BCUT2D eigenvalue weighted by Gasteiger charge is -2.26. The van der Waals surface area contributed by atoms with Crippen LogP contribution in [-0.4, -0.2) is 73.8 Å². The molecule has 10 heteroatoms. The predicted octanol–water partition coefficient (Wildman–Crippen LogP) is 3.96. The van der Waals surface area contributed by atoms with Gasteiger partial charge in [-0.25, -0.2) is 0 Å². The minimum Gasteiger partial charge on any atom is -0.467 e. The smallest absolute Gasteiger partial charge is 0.200 e. The predicted molar refractivity (Wildman–Crippen MR) is 142 cm³/mol. The number of hydrogen-bond donors (Lipinski definition) is 1. The van der Waals surface area contributed by atoms with Crippen LogP contribution in [0.15, 0.2) is 36.4 Å². The Morgan fingerprint density at radius 3 is 2.41 bits per heavy atom. The van der Waals surface area contributed by atoms with Crippen molar-refractivity contribution in [1.82, 2.24) is 19.7 Å². The maximum atomic E-state index is 5.93. The number of aromatic amines is 1. The summed E-state index contributed by atoms with van der Waals surface area (Å²) >= 11 is 5.63. The maximum absolute atomic E-state index is 5.93. The third-order valence-electron chi connectivity index (χ3n) is 5.90. The molecule has 0 amide bonds. The van der Waals surface area contributed by atoms with E-state index in [1.54, 1.807) is 21.1 Å². The molecule has 9 nitrogen and oxygen atoms in total. The number of hydrogen-bond acceptors (Lipinski definition) is 8. The van der Waals surface area contributed by atoms with Gasteiger partial charge in [0.2, 0.25) is 0 Å². The summed E-state index contributed by atoms with van der Waals surface area (Å²) in [5, 5.41) is 7.50. The molecule has 1 fully saturated rings. The van der Waals surface area contributed by atoms with Crippen molar-refractivity contribution in [3.63, 3.8) is 0 Å². The zero-order valence-corrected chi connectivity index (χ0v) is 22.2. The maximum Gasteiger partial charge on any atom is 0.200 e. The lowest BCUT2D eigenvalue weighted by molar-refractivity contribution is 0.0342. The van der Waals surface area contributed by atoms with Gasteiger partial charge < -0.3 is 23.7 Å². The lowest BCUT2D eigenvalue weighted by Crippen LogP contribution is -2.35. The van der Waals surface area contributed by atoms with Gasteiger partial charge in [-0.2, -0.15) is 5.10 Å². The molecule has 196 valence electrons. The Labute approximate surface area is 222 Å². The molecule has 0 unspecified atom stereocenters. The highest BCUT2D eigenvalue weighted by Crippen LogP contribution is 2.37. The van der Waals surface area contributed by atoms with E-state index in [0.29, 0.717) is 28.5 Å². The van der Waals surface area contributed by atoms with Crippen LogP contribution in [0, 0.1) is 16.6 Å². The number of ether oxygens (including phenoxy) is 5. The van der Waals surface area contributed by atoms with Gasteiger partial charge in [0.1, 0.15) is 11.5 Å². The first-order chi connectivity index (χ1) is 18.1. The molecule has 0 saturated carbocycles. The van der Waals surface area contributed by atoms with Gasteiger partial charge in [-0.1, -0.05) is 18.1 Å². The molecule has 0 aliphatic carbocycles. The Morgan fingerprint density at radius 1 is 1.03 bits per heavy atom. The molecule has 4 rings (SSSR count). The van der Waals surface area contributed by atoms with Crippen LogP contribution in [0.2, 0.25) is 0 Å². The molecular weight excluding hydrogens is 492 g/mol. The van der Waals surface area contributed by atoms with Crippen molar-refractivity contribution < 1.29 is 23.7 Å². The van der Waals surface area contributed by atoms with E-state index in [0.717, 1.165) is 49.7 Å². The quantitative estimate of drug-likeness (QED) is 0.229. The van der Waals surface area contributed by atoms with Crippen molar-refractivity contribution in [3.8, 4) is 40.4 Å². The van der Waals surface area contributed by atoms with Crippen LogP contribution < -0.4 is 9.47 Å². The SMILES string of the molecule is CC#CCc1cc(-c2n[nH]c(=S)n2-c2ccc(CN3CCOCC3)cc2)c(OCOC)cc1OCOC. The van der Waals surface area contributed by atoms with Gasteiger partial charge in [0.15, 0.2) is 24.2 Å². The van der Waals surface area contributed by atoms with Crippen LogP contribution in [0.4, 0.5) is 0 Å². The second kappa shape index (κ2) is 13.4. The fourth-order valence-electron chi connectivity index (χ4n) is 4.09. The van der Waals surface area contributed by atoms with E-state index in [4.69, 9.17) is 35.9 Å².